The van der Waals surface area contributed by atoms with Gasteiger partial charge in [-0.05, 0) is 12.1 Å². The van der Waals surface area contributed by atoms with Crippen LogP contribution in [0.5, 0.6) is 0 Å². The number of nitrogens with zero attached hydrogens (tertiary/aromatic N) is 3. The summed E-state index contributed by atoms with van der Waals surface area (Å²) in [7, 11) is 0. The molecule has 1 aromatic carbocycles. The molecule has 0 aliphatic carbocycles. The quantitative estimate of drug-likeness (QED) is 0.403. The van der Waals surface area contributed by atoms with Gasteiger partial charge < -0.3 is 4.42 Å². The lowest BCUT2D eigenvalue weighted by Gasteiger charge is -1.96. The number of hydrogen-bond donors (Lipinski definition) is 0. The van der Waals surface area contributed by atoms with E-state index >= 15 is 0 Å². The number of benzene rings is 1. The normalized spacial score (nSPS) is 11.2. The highest BCUT2D eigenvalue weighted by molar-refractivity contribution is 7.11. The van der Waals surface area contributed by atoms with E-state index in [-0.39, 0.29) is 5.69 Å². The van der Waals surface area contributed by atoms with Crippen molar-refractivity contribution in [2.45, 2.75) is 0 Å². The fourth-order valence-corrected chi connectivity index (χ4v) is 2.76. The van der Waals surface area contributed by atoms with Crippen molar-refractivity contribution in [2.24, 2.45) is 0 Å². The second-order valence-corrected chi connectivity index (χ2v) is 5.39. The minimum atomic E-state index is -0.450. The Labute approximate surface area is 135 Å². The van der Waals surface area contributed by atoms with E-state index in [1.54, 1.807) is 35.7 Å². The Morgan fingerprint density at radius 3 is 2.96 bits per heavy atom. The summed E-state index contributed by atoms with van der Waals surface area (Å²) in [6, 6.07) is 11.8. The van der Waals surface area contributed by atoms with E-state index in [2.05, 4.69) is 11.1 Å². The van der Waals surface area contributed by atoms with Crippen molar-refractivity contribution >= 4 is 28.7 Å². The van der Waals surface area contributed by atoms with Crippen LogP contribution in [-0.2, 0) is 0 Å². The molecule has 2 heterocycles. The second-order valence-electron chi connectivity index (χ2n) is 4.53. The van der Waals surface area contributed by atoms with Crippen LogP contribution in [0.15, 0.2) is 52.5 Å². The smallest absolute Gasteiger partial charge is 0.270 e. The minimum Gasteiger partial charge on any atom is -0.465 e. The summed E-state index contributed by atoms with van der Waals surface area (Å²) in [6.07, 6.45) is 3.13. The second kappa shape index (κ2) is 6.25. The lowest BCUT2D eigenvalue weighted by Crippen LogP contribution is -1.88. The first-order valence-corrected chi connectivity index (χ1v) is 7.41. The molecule has 2 aromatic heterocycles. The van der Waals surface area contributed by atoms with Crippen molar-refractivity contribution in [1.29, 1.82) is 5.26 Å². The monoisotopic (exact) mass is 323 g/mol. The van der Waals surface area contributed by atoms with Gasteiger partial charge in [-0.1, -0.05) is 12.1 Å². The summed E-state index contributed by atoms with van der Waals surface area (Å²) in [4.78, 5) is 14.8. The molecule has 0 unspecified atom stereocenters. The van der Waals surface area contributed by atoms with E-state index in [1.165, 1.54) is 29.7 Å². The van der Waals surface area contributed by atoms with Gasteiger partial charge in [0.2, 0.25) is 0 Å². The highest BCUT2D eigenvalue weighted by atomic mass is 32.1. The number of hydrogen-bond acceptors (Lipinski definition) is 6. The molecule has 6 nitrogen and oxygen atoms in total. The van der Waals surface area contributed by atoms with Crippen LogP contribution in [0.3, 0.4) is 0 Å². The Morgan fingerprint density at radius 1 is 1.39 bits per heavy atom. The van der Waals surface area contributed by atoms with Gasteiger partial charge in [-0.3, -0.25) is 10.1 Å². The maximum Gasteiger partial charge on any atom is 0.270 e. The Hall–Kier alpha value is -3.24. The number of allylic oxidation sites excluding steroid dienone is 1. The molecule has 23 heavy (non-hydrogen) atoms. The van der Waals surface area contributed by atoms with Crippen LogP contribution in [0, 0.1) is 21.4 Å². The van der Waals surface area contributed by atoms with Crippen molar-refractivity contribution in [3.05, 3.63) is 68.9 Å². The standard InChI is InChI=1S/C16H9N3O3S/c17-9-12(8-14-5-2-6-22-14)16-18-15(10-23-16)11-3-1-4-13(7-11)19(20)21/h1-8,10H/b12-8+. The molecule has 0 aliphatic rings. The largest absolute Gasteiger partial charge is 0.465 e. The molecule has 0 aliphatic heterocycles. The summed E-state index contributed by atoms with van der Waals surface area (Å²) in [5, 5.41) is 22.4. The van der Waals surface area contributed by atoms with E-state index in [9.17, 15) is 15.4 Å². The van der Waals surface area contributed by atoms with Gasteiger partial charge in [0.15, 0.2) is 0 Å². The number of furan rings is 1. The number of rotatable bonds is 4. The van der Waals surface area contributed by atoms with Gasteiger partial charge in [0.25, 0.3) is 5.69 Å². The highest BCUT2D eigenvalue weighted by Crippen LogP contribution is 2.29. The van der Waals surface area contributed by atoms with Crippen LogP contribution < -0.4 is 0 Å². The Balaban J connectivity index is 1.96. The van der Waals surface area contributed by atoms with Gasteiger partial charge in [-0.25, -0.2) is 4.98 Å². The fourth-order valence-electron chi connectivity index (χ4n) is 1.97. The highest BCUT2D eigenvalue weighted by Gasteiger charge is 2.12. The van der Waals surface area contributed by atoms with Crippen LogP contribution >= 0.6 is 11.3 Å². The van der Waals surface area contributed by atoms with Crippen molar-refractivity contribution in [2.75, 3.05) is 0 Å². The van der Waals surface area contributed by atoms with Gasteiger partial charge in [-0.15, -0.1) is 11.3 Å². The zero-order valence-electron chi connectivity index (χ0n) is 11.7. The third kappa shape index (κ3) is 3.17. The zero-order valence-corrected chi connectivity index (χ0v) is 12.5. The minimum absolute atomic E-state index is 0.00341. The maximum absolute atomic E-state index is 10.8. The van der Waals surface area contributed by atoms with E-state index < -0.39 is 4.92 Å². The average molecular weight is 323 g/mol. The average Bonchev–Trinajstić information content (AvgIpc) is 3.24. The molecule has 0 fully saturated rings. The molecule has 0 amide bonds. The molecule has 7 heteroatoms. The maximum atomic E-state index is 10.8. The first kappa shape index (κ1) is 14.7. The molecule has 3 aromatic rings. The molecular weight excluding hydrogens is 314 g/mol. The van der Waals surface area contributed by atoms with Crippen LogP contribution in [0.1, 0.15) is 10.8 Å². The van der Waals surface area contributed by atoms with Crippen molar-refractivity contribution in [3.8, 4) is 17.3 Å². The molecule has 0 atom stereocenters. The first-order chi connectivity index (χ1) is 11.2. The third-order valence-electron chi connectivity index (χ3n) is 3.04. The molecule has 0 bridgehead atoms. The third-order valence-corrected chi connectivity index (χ3v) is 3.91. The predicted octanol–water partition coefficient (Wildman–Crippen LogP) is 4.38. The van der Waals surface area contributed by atoms with Crippen LogP contribution in [0.2, 0.25) is 0 Å². The van der Waals surface area contributed by atoms with Gasteiger partial charge in [0.1, 0.15) is 16.8 Å². The molecule has 0 saturated heterocycles. The summed E-state index contributed by atoms with van der Waals surface area (Å²) in [6.45, 7) is 0. The Morgan fingerprint density at radius 2 is 2.26 bits per heavy atom. The van der Waals surface area contributed by atoms with Gasteiger partial charge >= 0.3 is 0 Å². The Bertz CT molecular complexity index is 920. The number of aromatic nitrogens is 1. The lowest BCUT2D eigenvalue weighted by molar-refractivity contribution is -0.384. The van der Waals surface area contributed by atoms with E-state index in [1.807, 2.05) is 0 Å². The lowest BCUT2D eigenvalue weighted by atomic mass is 10.1. The molecular formula is C16H9N3O3S. The van der Waals surface area contributed by atoms with E-state index in [4.69, 9.17) is 4.42 Å². The van der Waals surface area contributed by atoms with Crippen LogP contribution in [0.25, 0.3) is 22.9 Å². The molecule has 112 valence electrons. The molecule has 3 rings (SSSR count). The van der Waals surface area contributed by atoms with Crippen LogP contribution in [0.4, 0.5) is 5.69 Å². The van der Waals surface area contributed by atoms with Crippen LogP contribution in [-0.4, -0.2) is 9.91 Å². The Kier molecular flexibility index (Phi) is 3.99. The number of thiazole rings is 1. The van der Waals surface area contributed by atoms with Crippen molar-refractivity contribution in [1.82, 2.24) is 4.98 Å². The number of nitro benzene ring substituents is 1. The SMILES string of the molecule is N#C/C(=C\c1ccco1)c1nc(-c2cccc([N+](=O)[O-])c2)cs1. The number of non-ortho nitro benzene ring substituents is 1. The summed E-state index contributed by atoms with van der Waals surface area (Å²) >= 11 is 1.30. The zero-order chi connectivity index (χ0) is 16.2. The molecule has 0 N–H and O–H groups in total. The molecule has 0 radical (unpaired) electrons. The summed E-state index contributed by atoms with van der Waals surface area (Å²) in [5.74, 6) is 0.564. The predicted molar refractivity (Wildman–Crippen MR) is 86.4 cm³/mol. The first-order valence-electron chi connectivity index (χ1n) is 6.53. The van der Waals surface area contributed by atoms with Gasteiger partial charge in [0.05, 0.1) is 22.5 Å². The summed E-state index contributed by atoms with van der Waals surface area (Å²) < 4.78 is 5.20. The topological polar surface area (TPSA) is 93.0 Å². The fraction of sp³-hybridized carbons (Fsp3) is 0. The molecule has 0 saturated carbocycles. The van der Waals surface area contributed by atoms with Crippen molar-refractivity contribution in [3.63, 3.8) is 0 Å². The van der Waals surface area contributed by atoms with E-state index in [0.717, 1.165) is 0 Å². The van der Waals surface area contributed by atoms with Gasteiger partial charge in [-0.2, -0.15) is 5.26 Å². The van der Waals surface area contributed by atoms with E-state index in [0.29, 0.717) is 27.6 Å². The van der Waals surface area contributed by atoms with Gasteiger partial charge in [0, 0.05) is 29.2 Å². The number of nitro groups is 1. The molecule has 0 spiro atoms. The number of nitriles is 1. The van der Waals surface area contributed by atoms with Crippen molar-refractivity contribution < 1.29 is 9.34 Å². The summed E-state index contributed by atoms with van der Waals surface area (Å²) in [5.41, 5.74) is 1.61.